The fourth-order valence-corrected chi connectivity index (χ4v) is 3.72. The molecule has 0 bridgehead atoms. The van der Waals surface area contributed by atoms with Crippen molar-refractivity contribution in [3.05, 3.63) is 29.6 Å². The number of nitrogens with zero attached hydrogens (tertiary/aromatic N) is 4. The Kier molecular flexibility index (Phi) is 11.5. The summed E-state index contributed by atoms with van der Waals surface area (Å²) in [5.41, 5.74) is 0.833. The molecule has 4 N–H and O–H groups in total. The molecule has 17 heteroatoms. The normalized spacial score (nSPS) is 15.1. The first kappa shape index (κ1) is 32.2. The van der Waals surface area contributed by atoms with Crippen molar-refractivity contribution in [1.82, 2.24) is 20.3 Å². The first-order valence-electron chi connectivity index (χ1n) is 12.7. The van der Waals surface area contributed by atoms with Gasteiger partial charge in [0.15, 0.2) is 5.82 Å². The Morgan fingerprint density at radius 1 is 1.12 bits per heavy atom. The summed E-state index contributed by atoms with van der Waals surface area (Å²) in [5.74, 6) is 0.812. The summed E-state index contributed by atoms with van der Waals surface area (Å²) in [4.78, 5) is 15.3. The number of hydrogen-bond donors (Lipinski definition) is 4. The molecular formula is C24H32F6N8O3. The van der Waals surface area contributed by atoms with Crippen molar-refractivity contribution in [2.75, 3.05) is 74.7 Å². The average Bonchev–Trinajstić information content (AvgIpc) is 2.90. The molecule has 0 saturated carbocycles. The van der Waals surface area contributed by atoms with Crippen molar-refractivity contribution in [2.45, 2.75) is 32.5 Å². The van der Waals surface area contributed by atoms with Gasteiger partial charge in [-0.2, -0.15) is 18.2 Å². The van der Waals surface area contributed by atoms with E-state index in [-0.39, 0.29) is 48.6 Å². The maximum Gasteiger partial charge on any atom is 0.522 e. The average molecular weight is 595 g/mol. The second kappa shape index (κ2) is 14.6. The maximum absolute atomic E-state index is 12.6. The molecule has 1 aliphatic rings. The summed E-state index contributed by atoms with van der Waals surface area (Å²) < 4.78 is 88.6. The molecular weight excluding hydrogens is 562 g/mol. The Morgan fingerprint density at radius 3 is 2.51 bits per heavy atom. The van der Waals surface area contributed by atoms with Gasteiger partial charge in [0.2, 0.25) is 5.95 Å². The number of pyridine rings is 1. The molecule has 3 heterocycles. The highest BCUT2D eigenvalue weighted by Crippen LogP contribution is 2.30. The van der Waals surface area contributed by atoms with Crippen molar-refractivity contribution < 1.29 is 40.6 Å². The minimum atomic E-state index is -4.83. The topological polar surface area (TPSA) is 130 Å². The van der Waals surface area contributed by atoms with Gasteiger partial charge in [0.25, 0.3) is 0 Å². The van der Waals surface area contributed by atoms with Crippen molar-refractivity contribution in [3.63, 3.8) is 0 Å². The van der Waals surface area contributed by atoms with Gasteiger partial charge in [-0.25, -0.2) is 9.97 Å². The molecule has 0 aliphatic carbocycles. The van der Waals surface area contributed by atoms with Gasteiger partial charge in [-0.3, -0.25) is 4.74 Å². The smallest absolute Gasteiger partial charge is 0.378 e. The van der Waals surface area contributed by atoms with E-state index in [0.29, 0.717) is 32.0 Å². The summed E-state index contributed by atoms with van der Waals surface area (Å²) >= 11 is 0. The minimum absolute atomic E-state index is 0.0272. The number of nitrogens with one attached hydrogen (secondary N) is 4. The third kappa shape index (κ3) is 10.9. The first-order valence-corrected chi connectivity index (χ1v) is 12.7. The predicted molar refractivity (Wildman–Crippen MR) is 139 cm³/mol. The highest BCUT2D eigenvalue weighted by atomic mass is 19.4. The Balaban J connectivity index is 1.92. The van der Waals surface area contributed by atoms with Crippen LogP contribution in [0.1, 0.15) is 18.2 Å². The molecule has 2 aromatic rings. The van der Waals surface area contributed by atoms with Gasteiger partial charge in [0.1, 0.15) is 23.8 Å². The molecule has 1 saturated heterocycles. The van der Waals surface area contributed by atoms with Gasteiger partial charge in [0.05, 0.1) is 31.6 Å². The van der Waals surface area contributed by atoms with Crippen LogP contribution >= 0.6 is 0 Å². The minimum Gasteiger partial charge on any atom is -0.378 e. The van der Waals surface area contributed by atoms with Gasteiger partial charge < -0.3 is 35.7 Å². The van der Waals surface area contributed by atoms with Gasteiger partial charge >= 0.3 is 12.5 Å². The number of hydrogen-bond acceptors (Lipinski definition) is 11. The zero-order valence-corrected chi connectivity index (χ0v) is 22.5. The van der Waals surface area contributed by atoms with Crippen LogP contribution in [0, 0.1) is 12.3 Å². The van der Waals surface area contributed by atoms with Crippen LogP contribution in [0.4, 0.5) is 49.6 Å². The van der Waals surface area contributed by atoms with E-state index in [1.807, 2.05) is 11.8 Å². The Morgan fingerprint density at radius 2 is 1.85 bits per heavy atom. The second-order valence-electron chi connectivity index (χ2n) is 8.99. The molecule has 1 aliphatic heterocycles. The van der Waals surface area contributed by atoms with Crippen LogP contribution in [-0.2, 0) is 14.2 Å². The summed E-state index contributed by atoms with van der Waals surface area (Å²) in [7, 11) is 0. The van der Waals surface area contributed by atoms with E-state index in [2.05, 4.69) is 40.4 Å². The Labute approximate surface area is 232 Å². The molecule has 11 nitrogen and oxygen atoms in total. The van der Waals surface area contributed by atoms with Gasteiger partial charge in [-0.15, -0.1) is 13.2 Å². The number of anilines is 4. The molecule has 1 fully saturated rings. The Hall–Kier alpha value is -3.28. The van der Waals surface area contributed by atoms with Crippen LogP contribution in [-0.4, -0.2) is 98.5 Å². The van der Waals surface area contributed by atoms with E-state index < -0.39 is 31.9 Å². The zero-order valence-electron chi connectivity index (χ0n) is 22.5. The van der Waals surface area contributed by atoms with Gasteiger partial charge in [0, 0.05) is 38.9 Å². The lowest BCUT2D eigenvalue weighted by molar-refractivity contribution is -0.322. The second-order valence-corrected chi connectivity index (χ2v) is 8.99. The highest BCUT2D eigenvalue weighted by molar-refractivity contribution is 6.06. The van der Waals surface area contributed by atoms with Crippen molar-refractivity contribution in [2.24, 2.45) is 0 Å². The molecule has 41 heavy (non-hydrogen) atoms. The van der Waals surface area contributed by atoms with E-state index in [4.69, 9.17) is 10.1 Å². The van der Waals surface area contributed by atoms with Crippen molar-refractivity contribution in [1.29, 1.82) is 5.41 Å². The zero-order chi connectivity index (χ0) is 30.0. The van der Waals surface area contributed by atoms with Crippen LogP contribution in [0.15, 0.2) is 18.3 Å². The van der Waals surface area contributed by atoms with Crippen LogP contribution in [0.25, 0.3) is 0 Å². The predicted octanol–water partition coefficient (Wildman–Crippen LogP) is 3.63. The monoisotopic (exact) mass is 594 g/mol. The number of rotatable bonds is 14. The number of halogens is 6. The molecule has 0 amide bonds. The van der Waals surface area contributed by atoms with Crippen LogP contribution in [0.3, 0.4) is 0 Å². The molecule has 1 atom stereocenters. The summed E-state index contributed by atoms with van der Waals surface area (Å²) in [5, 5.41) is 17.9. The van der Waals surface area contributed by atoms with Gasteiger partial charge in [-0.05, 0) is 31.5 Å². The van der Waals surface area contributed by atoms with E-state index in [1.165, 1.54) is 6.92 Å². The molecule has 228 valence electrons. The third-order valence-corrected chi connectivity index (χ3v) is 5.65. The van der Waals surface area contributed by atoms with Crippen LogP contribution in [0.5, 0.6) is 0 Å². The molecule has 0 aromatic carbocycles. The van der Waals surface area contributed by atoms with E-state index in [1.54, 1.807) is 18.3 Å². The molecule has 0 spiro atoms. The molecule has 0 radical (unpaired) electrons. The number of alkyl halides is 6. The summed E-state index contributed by atoms with van der Waals surface area (Å²) in [6.45, 7) is 2.71. The van der Waals surface area contributed by atoms with E-state index >= 15 is 0 Å². The van der Waals surface area contributed by atoms with E-state index in [9.17, 15) is 26.3 Å². The largest absolute Gasteiger partial charge is 0.522 e. The number of aromatic nitrogens is 3. The van der Waals surface area contributed by atoms with Gasteiger partial charge in [-0.1, -0.05) is 0 Å². The summed E-state index contributed by atoms with van der Waals surface area (Å²) in [6.07, 6.45) is -8.71. The standard InChI is InChI=1S/C24H32F6N8O3/c1-15-3-4-33-17(13-15)35-21-20(34-7-10-41-24(28,29)30)19(36-22(37-21)38-8-5-32-6-9-38)18(31)16(2)40-12-11-39-14-23(25,26)27/h3-4,13,16,31-32,34H,5-12,14H2,1-2H3,(H,33,35,36,37). The lowest BCUT2D eigenvalue weighted by Gasteiger charge is -2.29. The number of aryl methyl sites for hydroxylation is 1. The third-order valence-electron chi connectivity index (χ3n) is 5.65. The van der Waals surface area contributed by atoms with E-state index in [0.717, 1.165) is 5.56 Å². The lowest BCUT2D eigenvalue weighted by Crippen LogP contribution is -2.44. The fourth-order valence-electron chi connectivity index (χ4n) is 3.72. The number of piperazine rings is 1. The molecule has 2 aromatic heterocycles. The Bertz CT molecular complexity index is 1150. The van der Waals surface area contributed by atoms with Crippen LogP contribution in [0.2, 0.25) is 0 Å². The maximum atomic E-state index is 12.6. The number of ether oxygens (including phenoxy) is 3. The van der Waals surface area contributed by atoms with Crippen LogP contribution < -0.4 is 20.9 Å². The molecule has 1 unspecified atom stereocenters. The first-order chi connectivity index (χ1) is 19.3. The summed E-state index contributed by atoms with van der Waals surface area (Å²) in [6, 6.07) is 3.52. The quantitative estimate of drug-likeness (QED) is 0.146. The van der Waals surface area contributed by atoms with Crippen molar-refractivity contribution >= 4 is 29.0 Å². The SMILES string of the molecule is Cc1ccnc(Nc2nc(N3CCNCC3)nc(C(=N)C(C)OCCOCC(F)(F)F)c2NCCOC(F)(F)F)c1. The fraction of sp³-hybridized carbons (Fsp3) is 0.583. The lowest BCUT2D eigenvalue weighted by atomic mass is 10.1. The highest BCUT2D eigenvalue weighted by Gasteiger charge is 2.30. The van der Waals surface area contributed by atoms with Crippen molar-refractivity contribution in [3.8, 4) is 0 Å². The molecule has 3 rings (SSSR count).